The quantitative estimate of drug-likeness (QED) is 0.139. The maximum Gasteiger partial charge on any atom is 0.410 e. The van der Waals surface area contributed by atoms with Crippen LogP contribution in [0, 0.1) is 5.82 Å². The second-order valence-electron chi connectivity index (χ2n) is 15.0. The minimum atomic E-state index is -0.905. The third-order valence-corrected chi connectivity index (χ3v) is 11.8. The summed E-state index contributed by atoms with van der Waals surface area (Å²) in [6, 6.07) is 7.27. The van der Waals surface area contributed by atoms with Gasteiger partial charge in [0.25, 0.3) is 0 Å². The van der Waals surface area contributed by atoms with Crippen molar-refractivity contribution >= 4 is 34.4 Å². The number of benzene rings is 2. The first-order chi connectivity index (χ1) is 24.7. The first kappa shape index (κ1) is 34.6. The highest BCUT2D eigenvalue weighted by Gasteiger charge is 2.54. The maximum absolute atomic E-state index is 17.1. The molecular weight excluding hydrogens is 680 g/mol. The summed E-state index contributed by atoms with van der Waals surface area (Å²) in [7, 11) is 1.54. The Morgan fingerprint density at radius 2 is 1.92 bits per heavy atom. The SMILES string of the molecule is CCCCOC(=O)N1CCN(c2nc(OC[C@@]34CCCN3C[C@H](F)C4)nc3c(F)c(-c4cc(OCOC)cc(Cl)c4C4CC4)ccc23)CC12CC2. The number of methoxy groups -OCH3 is 1. The van der Waals surface area contributed by atoms with Crippen molar-refractivity contribution in [2.45, 2.75) is 87.9 Å². The highest BCUT2D eigenvalue weighted by molar-refractivity contribution is 6.32. The molecule has 10 nitrogen and oxygen atoms in total. The van der Waals surface area contributed by atoms with E-state index in [1.807, 2.05) is 17.0 Å². The van der Waals surface area contributed by atoms with Crippen LogP contribution in [0.1, 0.15) is 76.2 Å². The fourth-order valence-electron chi connectivity index (χ4n) is 8.50. The van der Waals surface area contributed by atoms with Gasteiger partial charge in [0.05, 0.1) is 17.7 Å². The second-order valence-corrected chi connectivity index (χ2v) is 15.4. The predicted octanol–water partition coefficient (Wildman–Crippen LogP) is 7.50. The topological polar surface area (TPSA) is 89.5 Å². The Labute approximate surface area is 302 Å². The van der Waals surface area contributed by atoms with Crippen molar-refractivity contribution in [2.24, 2.45) is 0 Å². The number of ether oxygens (including phenoxy) is 4. The van der Waals surface area contributed by atoms with Crippen LogP contribution in [0.15, 0.2) is 24.3 Å². The minimum absolute atomic E-state index is 0.0311. The first-order valence-corrected chi connectivity index (χ1v) is 18.8. The molecule has 0 N–H and O–H groups in total. The first-order valence-electron chi connectivity index (χ1n) is 18.4. The van der Waals surface area contributed by atoms with Crippen LogP contribution in [0.25, 0.3) is 22.0 Å². The van der Waals surface area contributed by atoms with Gasteiger partial charge in [-0.05, 0) is 86.7 Å². The van der Waals surface area contributed by atoms with E-state index in [2.05, 4.69) is 16.7 Å². The van der Waals surface area contributed by atoms with Gasteiger partial charge in [-0.2, -0.15) is 9.97 Å². The molecule has 1 spiro atoms. The molecule has 2 aromatic carbocycles. The molecule has 3 aliphatic heterocycles. The second kappa shape index (κ2) is 13.8. The summed E-state index contributed by atoms with van der Waals surface area (Å²) in [6.45, 7) is 5.44. The highest BCUT2D eigenvalue weighted by atomic mass is 35.5. The normalized spacial score (nSPS) is 24.0. The predicted molar refractivity (Wildman–Crippen MR) is 190 cm³/mol. The molecule has 0 unspecified atom stereocenters. The van der Waals surface area contributed by atoms with Gasteiger partial charge in [-0.15, -0.1) is 0 Å². The van der Waals surface area contributed by atoms with Crippen molar-refractivity contribution in [3.63, 3.8) is 0 Å². The summed E-state index contributed by atoms with van der Waals surface area (Å²) >= 11 is 6.82. The van der Waals surface area contributed by atoms with Gasteiger partial charge < -0.3 is 23.8 Å². The Hall–Kier alpha value is -3.48. The number of fused-ring (bicyclic) bond motifs is 2. The van der Waals surface area contributed by atoms with Crippen LogP contribution in [0.4, 0.5) is 19.4 Å². The third-order valence-electron chi connectivity index (χ3n) is 11.4. The molecule has 1 amide bonds. The number of hydrogen-bond donors (Lipinski definition) is 0. The number of amides is 1. The Morgan fingerprint density at radius 1 is 1.08 bits per heavy atom. The largest absolute Gasteiger partial charge is 0.467 e. The van der Waals surface area contributed by atoms with E-state index < -0.39 is 17.5 Å². The van der Waals surface area contributed by atoms with Crippen LogP contribution in [-0.2, 0) is 9.47 Å². The van der Waals surface area contributed by atoms with Gasteiger partial charge in [0.15, 0.2) is 12.6 Å². The van der Waals surface area contributed by atoms with Gasteiger partial charge in [0.1, 0.15) is 29.9 Å². The van der Waals surface area contributed by atoms with Gasteiger partial charge in [0, 0.05) is 55.7 Å². The molecule has 51 heavy (non-hydrogen) atoms. The lowest BCUT2D eigenvalue weighted by atomic mass is 9.94. The smallest absolute Gasteiger partial charge is 0.410 e. The van der Waals surface area contributed by atoms with Crippen molar-refractivity contribution in [3.8, 4) is 22.9 Å². The van der Waals surface area contributed by atoms with Crippen LogP contribution in [0.5, 0.6) is 11.8 Å². The molecule has 13 heteroatoms. The van der Waals surface area contributed by atoms with Crippen molar-refractivity contribution in [1.29, 1.82) is 0 Å². The van der Waals surface area contributed by atoms with Crippen LogP contribution < -0.4 is 14.4 Å². The number of alkyl halides is 1. The lowest BCUT2D eigenvalue weighted by Crippen LogP contribution is -2.57. The molecular formula is C38H46ClF2N5O5. The van der Waals surface area contributed by atoms with Gasteiger partial charge >= 0.3 is 12.1 Å². The average Bonchev–Trinajstić information content (AvgIpc) is 4.04. The van der Waals surface area contributed by atoms with E-state index in [1.54, 1.807) is 12.1 Å². The summed E-state index contributed by atoms with van der Waals surface area (Å²) in [5.74, 6) is 0.765. The molecule has 8 rings (SSSR count). The van der Waals surface area contributed by atoms with Crippen LogP contribution in [0.2, 0.25) is 5.02 Å². The standard InChI is InChI=1S/C38H46ClF2N5O5/c1-3-4-16-49-36(47)46-15-14-44(21-37(46)11-12-37)34-28-9-8-27(29-17-26(51-23-48-2)18-30(39)31(29)24-6-7-24)32(41)33(28)42-35(43-34)50-22-38-10-5-13-45(38)20-25(40)19-38/h8-9,17-18,24-25H,3-7,10-16,19-23H2,1-2H3/t25-,38+/m1/s1. The van der Waals surface area contributed by atoms with Gasteiger partial charge in [-0.1, -0.05) is 31.0 Å². The number of aromatic nitrogens is 2. The molecule has 0 bridgehead atoms. The van der Waals surface area contributed by atoms with Crippen LogP contribution >= 0.6 is 11.6 Å². The number of rotatable bonds is 12. The Kier molecular flexibility index (Phi) is 9.37. The van der Waals surface area contributed by atoms with E-state index in [0.717, 1.165) is 63.5 Å². The number of anilines is 1. The number of nitrogens with zero attached hydrogens (tertiary/aromatic N) is 5. The molecule has 4 heterocycles. The monoisotopic (exact) mass is 725 g/mol. The molecule has 5 aliphatic rings. The molecule has 2 saturated carbocycles. The van der Waals surface area contributed by atoms with Crippen molar-refractivity contribution in [1.82, 2.24) is 19.8 Å². The lowest BCUT2D eigenvalue weighted by Gasteiger charge is -2.42. The van der Waals surface area contributed by atoms with E-state index in [9.17, 15) is 9.18 Å². The Bertz CT molecular complexity index is 1810. The Balaban J connectivity index is 1.18. The highest BCUT2D eigenvalue weighted by Crippen LogP contribution is 2.51. The van der Waals surface area contributed by atoms with Gasteiger partial charge in [-0.25, -0.2) is 13.6 Å². The van der Waals surface area contributed by atoms with Gasteiger partial charge in [0.2, 0.25) is 0 Å². The maximum atomic E-state index is 17.1. The van der Waals surface area contributed by atoms with Crippen molar-refractivity contribution < 1.29 is 32.5 Å². The molecule has 2 aliphatic carbocycles. The zero-order valence-corrected chi connectivity index (χ0v) is 30.2. The van der Waals surface area contributed by atoms with E-state index in [0.29, 0.717) is 72.3 Å². The summed E-state index contributed by atoms with van der Waals surface area (Å²) in [5.41, 5.74) is 1.27. The van der Waals surface area contributed by atoms with E-state index >= 15 is 4.39 Å². The fourth-order valence-corrected chi connectivity index (χ4v) is 8.86. The number of hydrogen-bond acceptors (Lipinski definition) is 9. The molecule has 5 fully saturated rings. The zero-order valence-electron chi connectivity index (χ0n) is 29.4. The van der Waals surface area contributed by atoms with Crippen LogP contribution in [-0.4, -0.2) is 103 Å². The average molecular weight is 726 g/mol. The molecule has 274 valence electrons. The van der Waals surface area contributed by atoms with Crippen LogP contribution in [0.3, 0.4) is 0 Å². The minimum Gasteiger partial charge on any atom is -0.467 e. The number of halogens is 3. The third kappa shape index (κ3) is 6.56. The van der Waals surface area contributed by atoms with Crippen molar-refractivity contribution in [2.75, 3.05) is 64.7 Å². The number of piperazine rings is 1. The summed E-state index contributed by atoms with van der Waals surface area (Å²) in [6.07, 6.45) is 6.45. The lowest BCUT2D eigenvalue weighted by molar-refractivity contribution is 0.0511. The van der Waals surface area contributed by atoms with Crippen molar-refractivity contribution in [3.05, 3.63) is 40.7 Å². The molecule has 3 saturated heterocycles. The van der Waals surface area contributed by atoms with E-state index in [-0.39, 0.29) is 42.5 Å². The summed E-state index contributed by atoms with van der Waals surface area (Å²) in [5, 5.41) is 1.08. The fraction of sp³-hybridized carbons (Fsp3) is 0.605. The summed E-state index contributed by atoms with van der Waals surface area (Å²) < 4.78 is 54.6. The number of carbonyl (C=O) groups is 1. The molecule has 0 radical (unpaired) electrons. The number of unbranched alkanes of at least 4 members (excludes halogenated alkanes) is 1. The zero-order chi connectivity index (χ0) is 35.3. The van der Waals surface area contributed by atoms with Gasteiger partial charge in [-0.3, -0.25) is 9.80 Å². The summed E-state index contributed by atoms with van der Waals surface area (Å²) in [4.78, 5) is 28.9. The molecule has 1 aromatic heterocycles. The van der Waals surface area contributed by atoms with E-state index in [1.165, 1.54) is 7.11 Å². The Morgan fingerprint density at radius 3 is 2.69 bits per heavy atom. The number of carbonyl (C=O) groups excluding carboxylic acids is 1. The molecule has 2 atom stereocenters. The molecule has 3 aromatic rings. The van der Waals surface area contributed by atoms with E-state index in [4.69, 9.17) is 40.5 Å².